The van der Waals surface area contributed by atoms with E-state index < -0.39 is 6.03 Å². The molecule has 0 spiro atoms. The average Bonchev–Trinajstić information content (AvgIpc) is 3.30. The minimum atomic E-state index is -0.500. The summed E-state index contributed by atoms with van der Waals surface area (Å²) in [6.45, 7) is 0.401. The molecule has 6 nitrogen and oxygen atoms in total. The number of carbonyl (C=O) groups is 2. The van der Waals surface area contributed by atoms with Gasteiger partial charge in [0, 0.05) is 27.4 Å². The molecule has 2 aromatic heterocycles. The van der Waals surface area contributed by atoms with Crippen molar-refractivity contribution in [1.82, 2.24) is 20.2 Å². The number of carbonyl (C=O) groups excluding carboxylic acids is 2. The van der Waals surface area contributed by atoms with Gasteiger partial charge < -0.3 is 5.32 Å². The molecule has 0 fully saturated rings. The van der Waals surface area contributed by atoms with Crippen LogP contribution >= 0.6 is 39.0 Å². The third-order valence-electron chi connectivity index (χ3n) is 3.30. The second-order valence-corrected chi connectivity index (χ2v) is 8.05. The lowest BCUT2D eigenvalue weighted by Gasteiger charge is -2.08. The standard InChI is InChI=1S/C17H15BrN4O2S2/c18-12-3-5-13(6-4-12)22-8-7-19-17(22)26-11-15(23)21-16(24)20-10-14-2-1-9-25-14/h1-9H,10-11H2,(H2,20,21,23,24). The number of thioether (sulfide) groups is 1. The summed E-state index contributed by atoms with van der Waals surface area (Å²) < 4.78 is 2.88. The van der Waals surface area contributed by atoms with Gasteiger partial charge in [0.05, 0.1) is 12.3 Å². The van der Waals surface area contributed by atoms with Crippen molar-refractivity contribution in [3.8, 4) is 5.69 Å². The van der Waals surface area contributed by atoms with Crippen LogP contribution in [0.5, 0.6) is 0 Å². The van der Waals surface area contributed by atoms with Crippen LogP contribution in [0.25, 0.3) is 5.69 Å². The fraction of sp³-hybridized carbons (Fsp3) is 0.118. The lowest BCUT2D eigenvalue weighted by Crippen LogP contribution is -2.39. The molecular weight excluding hydrogens is 436 g/mol. The number of hydrogen-bond donors (Lipinski definition) is 2. The maximum Gasteiger partial charge on any atom is 0.321 e. The third-order valence-corrected chi connectivity index (χ3v) is 5.67. The summed E-state index contributed by atoms with van der Waals surface area (Å²) in [5.74, 6) is -0.274. The van der Waals surface area contributed by atoms with E-state index in [0.717, 1.165) is 15.0 Å². The third kappa shape index (κ3) is 5.20. The number of amides is 3. The van der Waals surface area contributed by atoms with Crippen molar-refractivity contribution in [3.63, 3.8) is 0 Å². The van der Waals surface area contributed by atoms with E-state index >= 15 is 0 Å². The Hall–Kier alpha value is -2.10. The van der Waals surface area contributed by atoms with Gasteiger partial charge in [-0.15, -0.1) is 11.3 Å². The first-order chi connectivity index (χ1) is 12.6. The van der Waals surface area contributed by atoms with Crippen LogP contribution in [0.1, 0.15) is 4.88 Å². The van der Waals surface area contributed by atoms with E-state index in [1.165, 1.54) is 11.8 Å². The molecule has 134 valence electrons. The SMILES string of the molecule is O=C(CSc1nccn1-c1ccc(Br)cc1)NC(=O)NCc1cccs1. The lowest BCUT2D eigenvalue weighted by molar-refractivity contribution is -0.117. The van der Waals surface area contributed by atoms with Gasteiger partial charge in [-0.05, 0) is 35.7 Å². The molecule has 9 heteroatoms. The molecule has 0 bridgehead atoms. The van der Waals surface area contributed by atoms with E-state index in [1.807, 2.05) is 52.5 Å². The van der Waals surface area contributed by atoms with Crippen molar-refractivity contribution in [2.75, 3.05) is 5.75 Å². The van der Waals surface area contributed by atoms with Crippen LogP contribution in [-0.4, -0.2) is 27.2 Å². The van der Waals surface area contributed by atoms with Crippen molar-refractivity contribution < 1.29 is 9.59 Å². The smallest absolute Gasteiger partial charge is 0.321 e. The Kier molecular flexibility index (Phi) is 6.48. The first kappa shape index (κ1) is 18.7. The fourth-order valence-corrected chi connectivity index (χ4v) is 3.79. The van der Waals surface area contributed by atoms with Gasteiger partial charge in [-0.2, -0.15) is 0 Å². The predicted molar refractivity (Wildman–Crippen MR) is 107 cm³/mol. The van der Waals surface area contributed by atoms with Crippen molar-refractivity contribution in [2.45, 2.75) is 11.7 Å². The molecule has 2 heterocycles. The van der Waals surface area contributed by atoms with Gasteiger partial charge in [0.25, 0.3) is 0 Å². The summed E-state index contributed by atoms with van der Waals surface area (Å²) >= 11 is 6.22. The predicted octanol–water partition coefficient (Wildman–Crippen LogP) is 3.81. The van der Waals surface area contributed by atoms with Crippen LogP contribution in [0.15, 0.2) is 63.8 Å². The van der Waals surface area contributed by atoms with Gasteiger partial charge in [0.2, 0.25) is 5.91 Å². The topological polar surface area (TPSA) is 76.0 Å². The molecule has 0 unspecified atom stereocenters. The number of halogens is 1. The molecule has 3 amide bonds. The first-order valence-electron chi connectivity index (χ1n) is 7.64. The number of hydrogen-bond acceptors (Lipinski definition) is 5. The highest BCUT2D eigenvalue weighted by Crippen LogP contribution is 2.21. The van der Waals surface area contributed by atoms with Gasteiger partial charge >= 0.3 is 6.03 Å². The summed E-state index contributed by atoms with van der Waals surface area (Å²) in [6.07, 6.45) is 3.51. The largest absolute Gasteiger partial charge is 0.333 e. The Morgan fingerprint density at radius 1 is 1.23 bits per heavy atom. The Bertz CT molecular complexity index is 879. The van der Waals surface area contributed by atoms with Crippen LogP contribution < -0.4 is 10.6 Å². The number of benzene rings is 1. The molecule has 2 N–H and O–H groups in total. The van der Waals surface area contributed by atoms with Gasteiger partial charge in [-0.25, -0.2) is 9.78 Å². The monoisotopic (exact) mass is 450 g/mol. The molecule has 0 aliphatic rings. The molecule has 0 saturated carbocycles. The van der Waals surface area contributed by atoms with E-state index in [2.05, 4.69) is 31.5 Å². The van der Waals surface area contributed by atoms with Gasteiger partial charge in [-0.3, -0.25) is 14.7 Å². The zero-order valence-corrected chi connectivity index (χ0v) is 16.7. The van der Waals surface area contributed by atoms with Crippen molar-refractivity contribution >= 4 is 51.0 Å². The summed E-state index contributed by atoms with van der Waals surface area (Å²) in [5.41, 5.74) is 0.947. The first-order valence-corrected chi connectivity index (χ1v) is 10.3. The Morgan fingerprint density at radius 3 is 2.77 bits per heavy atom. The molecule has 0 aliphatic heterocycles. The highest BCUT2D eigenvalue weighted by molar-refractivity contribution is 9.10. The summed E-state index contributed by atoms with van der Waals surface area (Å²) in [5, 5.41) is 7.60. The Balaban J connectivity index is 1.49. The van der Waals surface area contributed by atoms with Gasteiger partial charge in [0.1, 0.15) is 0 Å². The summed E-state index contributed by atoms with van der Waals surface area (Å²) in [7, 11) is 0. The number of aromatic nitrogens is 2. The normalized spacial score (nSPS) is 10.5. The number of urea groups is 1. The Labute approximate surface area is 167 Å². The number of thiophene rings is 1. The van der Waals surface area contributed by atoms with Gasteiger partial charge in [-0.1, -0.05) is 33.8 Å². The number of nitrogens with zero attached hydrogens (tertiary/aromatic N) is 2. The van der Waals surface area contributed by atoms with Crippen LogP contribution in [0.2, 0.25) is 0 Å². The molecule has 0 atom stereocenters. The van der Waals surface area contributed by atoms with E-state index in [0.29, 0.717) is 11.7 Å². The average molecular weight is 451 g/mol. The highest BCUT2D eigenvalue weighted by atomic mass is 79.9. The second-order valence-electron chi connectivity index (χ2n) is 5.16. The molecule has 0 aliphatic carbocycles. The quantitative estimate of drug-likeness (QED) is 0.559. The molecule has 3 rings (SSSR count). The number of rotatable bonds is 6. The number of nitrogens with one attached hydrogen (secondary N) is 2. The fourth-order valence-electron chi connectivity index (χ4n) is 2.11. The van der Waals surface area contributed by atoms with Crippen LogP contribution in [0, 0.1) is 0 Å². The maximum absolute atomic E-state index is 12.0. The maximum atomic E-state index is 12.0. The second kappa shape index (κ2) is 9.02. The molecule has 0 saturated heterocycles. The number of imide groups is 1. The summed E-state index contributed by atoms with van der Waals surface area (Å²) in [4.78, 5) is 29.0. The van der Waals surface area contributed by atoms with E-state index in [4.69, 9.17) is 0 Å². The molecule has 0 radical (unpaired) electrons. The van der Waals surface area contributed by atoms with Crippen molar-refractivity contribution in [2.24, 2.45) is 0 Å². The zero-order chi connectivity index (χ0) is 18.4. The Morgan fingerprint density at radius 2 is 2.04 bits per heavy atom. The minimum absolute atomic E-state index is 0.0972. The number of imidazole rings is 1. The molecule has 1 aromatic carbocycles. The van der Waals surface area contributed by atoms with Crippen molar-refractivity contribution in [3.05, 3.63) is 63.5 Å². The van der Waals surface area contributed by atoms with Crippen LogP contribution in [0.4, 0.5) is 4.79 Å². The zero-order valence-electron chi connectivity index (χ0n) is 13.5. The molecule has 3 aromatic rings. The molecule has 26 heavy (non-hydrogen) atoms. The van der Waals surface area contributed by atoms with E-state index in [1.54, 1.807) is 17.5 Å². The minimum Gasteiger partial charge on any atom is -0.333 e. The van der Waals surface area contributed by atoms with Crippen molar-refractivity contribution in [1.29, 1.82) is 0 Å². The molecular formula is C17H15BrN4O2S2. The summed E-state index contributed by atoms with van der Waals surface area (Å²) in [6, 6.07) is 11.1. The van der Waals surface area contributed by atoms with Crippen LogP contribution in [0.3, 0.4) is 0 Å². The highest BCUT2D eigenvalue weighted by Gasteiger charge is 2.11. The van der Waals surface area contributed by atoms with Crippen LogP contribution in [-0.2, 0) is 11.3 Å². The van der Waals surface area contributed by atoms with Gasteiger partial charge in [0.15, 0.2) is 5.16 Å². The van der Waals surface area contributed by atoms with E-state index in [9.17, 15) is 9.59 Å². The van der Waals surface area contributed by atoms with E-state index in [-0.39, 0.29) is 11.7 Å². The lowest BCUT2D eigenvalue weighted by atomic mass is 10.3.